The number of fused-ring (bicyclic) bond motifs is 1. The van der Waals surface area contributed by atoms with Gasteiger partial charge in [0.1, 0.15) is 11.6 Å². The lowest BCUT2D eigenvalue weighted by Crippen LogP contribution is -2.44. The molecule has 3 heterocycles. The van der Waals surface area contributed by atoms with Crippen molar-refractivity contribution < 1.29 is 13.9 Å². The van der Waals surface area contributed by atoms with Crippen molar-refractivity contribution in [2.24, 2.45) is 0 Å². The van der Waals surface area contributed by atoms with Crippen molar-refractivity contribution in [2.75, 3.05) is 19.7 Å². The Hall–Kier alpha value is -1.88. The summed E-state index contributed by atoms with van der Waals surface area (Å²) in [6, 6.07) is 7.80. The highest BCUT2D eigenvalue weighted by Gasteiger charge is 2.33. The largest absolute Gasteiger partial charge is 0.440 e. The average Bonchev–Trinajstić information content (AvgIpc) is 3.23. The zero-order chi connectivity index (χ0) is 14.9. The van der Waals surface area contributed by atoms with Gasteiger partial charge in [-0.2, -0.15) is 0 Å². The number of carbonyl (C=O) groups excluding carboxylic acids is 1. The van der Waals surface area contributed by atoms with E-state index in [1.165, 1.54) is 0 Å². The number of likely N-dealkylation sites (tertiary alicyclic amines) is 1. The Morgan fingerprint density at radius 1 is 1.23 bits per heavy atom. The van der Waals surface area contributed by atoms with Gasteiger partial charge >= 0.3 is 0 Å². The van der Waals surface area contributed by atoms with E-state index in [0.717, 1.165) is 49.2 Å². The summed E-state index contributed by atoms with van der Waals surface area (Å²) >= 11 is 0. The first-order valence-electron chi connectivity index (χ1n) is 8.07. The molecule has 5 heteroatoms. The lowest BCUT2D eigenvalue weighted by molar-refractivity contribution is -0.142. The smallest absolute Gasteiger partial charge is 0.251 e. The Labute approximate surface area is 129 Å². The standard InChI is InChI=1S/C17H20N2O3/c20-17(15-8-4-10-21-15)19-9-3-5-12(11-19)16-18-13-6-1-2-7-14(13)22-16/h1-2,6-7,12,15H,3-5,8-11H2/t12-,15+/m0/s1. The molecule has 2 atom stereocenters. The number of nitrogens with zero attached hydrogens (tertiary/aromatic N) is 2. The van der Waals surface area contributed by atoms with E-state index in [9.17, 15) is 4.79 Å². The highest BCUT2D eigenvalue weighted by molar-refractivity contribution is 5.81. The Bertz CT molecular complexity index is 642. The summed E-state index contributed by atoms with van der Waals surface area (Å²) in [5, 5.41) is 0. The molecular weight excluding hydrogens is 280 g/mol. The SMILES string of the molecule is O=C([C@H]1CCCO1)N1CCC[C@H](c2nc3ccccc3o2)C1. The first-order chi connectivity index (χ1) is 10.8. The number of para-hydroxylation sites is 2. The van der Waals surface area contributed by atoms with Crippen LogP contribution in [0.15, 0.2) is 28.7 Å². The van der Waals surface area contributed by atoms with Gasteiger partial charge in [0.15, 0.2) is 11.5 Å². The molecule has 2 aliphatic heterocycles. The number of carbonyl (C=O) groups is 1. The second kappa shape index (κ2) is 5.72. The monoisotopic (exact) mass is 300 g/mol. The van der Waals surface area contributed by atoms with Crippen molar-refractivity contribution in [2.45, 2.75) is 37.7 Å². The maximum atomic E-state index is 12.5. The van der Waals surface area contributed by atoms with Gasteiger partial charge in [0.05, 0.1) is 5.92 Å². The predicted molar refractivity (Wildman–Crippen MR) is 81.5 cm³/mol. The first-order valence-corrected chi connectivity index (χ1v) is 8.07. The number of rotatable bonds is 2. The van der Waals surface area contributed by atoms with Gasteiger partial charge in [-0.3, -0.25) is 4.79 Å². The van der Waals surface area contributed by atoms with Crippen LogP contribution < -0.4 is 0 Å². The minimum Gasteiger partial charge on any atom is -0.440 e. The van der Waals surface area contributed by atoms with E-state index in [0.29, 0.717) is 13.2 Å². The second-order valence-corrected chi connectivity index (χ2v) is 6.14. The van der Waals surface area contributed by atoms with Crippen LogP contribution in [0, 0.1) is 0 Å². The highest BCUT2D eigenvalue weighted by Crippen LogP contribution is 2.30. The Morgan fingerprint density at radius 2 is 2.14 bits per heavy atom. The van der Waals surface area contributed by atoms with Crippen LogP contribution in [0.5, 0.6) is 0 Å². The molecule has 22 heavy (non-hydrogen) atoms. The first kappa shape index (κ1) is 13.8. The molecule has 1 aromatic heterocycles. The molecule has 0 aliphatic carbocycles. The molecule has 0 radical (unpaired) electrons. The Morgan fingerprint density at radius 3 is 2.95 bits per heavy atom. The normalized spacial score (nSPS) is 25.7. The molecule has 1 aromatic carbocycles. The second-order valence-electron chi connectivity index (χ2n) is 6.14. The molecule has 116 valence electrons. The van der Waals surface area contributed by atoms with Gasteiger partial charge in [0.25, 0.3) is 5.91 Å². The van der Waals surface area contributed by atoms with Gasteiger partial charge in [0, 0.05) is 19.7 Å². The predicted octanol–water partition coefficient (Wildman–Crippen LogP) is 2.71. The Kier molecular flexibility index (Phi) is 3.58. The molecule has 2 fully saturated rings. The third-order valence-electron chi connectivity index (χ3n) is 4.60. The molecule has 0 saturated carbocycles. The van der Waals surface area contributed by atoms with Crippen LogP contribution in [0.1, 0.15) is 37.5 Å². The molecule has 4 rings (SSSR count). The van der Waals surface area contributed by atoms with Gasteiger partial charge in [-0.1, -0.05) is 12.1 Å². The summed E-state index contributed by atoms with van der Waals surface area (Å²) in [4.78, 5) is 19.0. The third kappa shape index (κ3) is 2.50. The van der Waals surface area contributed by atoms with E-state index in [-0.39, 0.29) is 17.9 Å². The van der Waals surface area contributed by atoms with Crippen LogP contribution in [0.4, 0.5) is 0 Å². The quantitative estimate of drug-likeness (QED) is 0.855. The third-order valence-corrected chi connectivity index (χ3v) is 4.60. The number of hydrogen-bond donors (Lipinski definition) is 0. The van der Waals surface area contributed by atoms with Crippen LogP contribution in [0.25, 0.3) is 11.1 Å². The summed E-state index contributed by atoms with van der Waals surface area (Å²) < 4.78 is 11.4. The number of amides is 1. The fourth-order valence-corrected chi connectivity index (χ4v) is 3.42. The number of hydrogen-bond acceptors (Lipinski definition) is 4. The van der Waals surface area contributed by atoms with Gasteiger partial charge in [-0.05, 0) is 37.8 Å². The molecular formula is C17H20N2O3. The van der Waals surface area contributed by atoms with Gasteiger partial charge < -0.3 is 14.1 Å². The number of benzene rings is 1. The van der Waals surface area contributed by atoms with Gasteiger partial charge in [-0.15, -0.1) is 0 Å². The molecule has 0 unspecified atom stereocenters. The lowest BCUT2D eigenvalue weighted by atomic mass is 9.97. The molecule has 2 saturated heterocycles. The van der Waals surface area contributed by atoms with Crippen LogP contribution >= 0.6 is 0 Å². The van der Waals surface area contributed by atoms with E-state index < -0.39 is 0 Å². The van der Waals surface area contributed by atoms with Crippen LogP contribution in [0.3, 0.4) is 0 Å². The Balaban J connectivity index is 1.51. The maximum Gasteiger partial charge on any atom is 0.251 e. The van der Waals surface area contributed by atoms with Gasteiger partial charge in [0.2, 0.25) is 0 Å². The zero-order valence-electron chi connectivity index (χ0n) is 12.5. The summed E-state index contributed by atoms with van der Waals surface area (Å²) in [7, 11) is 0. The molecule has 0 spiro atoms. The maximum absolute atomic E-state index is 12.5. The van der Waals surface area contributed by atoms with Crippen molar-refractivity contribution in [1.29, 1.82) is 0 Å². The number of oxazole rings is 1. The fraction of sp³-hybridized carbons (Fsp3) is 0.529. The van der Waals surface area contributed by atoms with Crippen LogP contribution in [-0.4, -0.2) is 41.6 Å². The summed E-state index contributed by atoms with van der Waals surface area (Å²) in [5.74, 6) is 1.08. The number of ether oxygens (including phenoxy) is 1. The summed E-state index contributed by atoms with van der Waals surface area (Å²) in [6.45, 7) is 2.21. The number of aromatic nitrogens is 1. The zero-order valence-corrected chi connectivity index (χ0v) is 12.5. The number of piperidine rings is 1. The highest BCUT2D eigenvalue weighted by atomic mass is 16.5. The summed E-state index contributed by atoms with van der Waals surface area (Å²) in [6.07, 6.45) is 3.61. The van der Waals surface area contributed by atoms with E-state index in [4.69, 9.17) is 9.15 Å². The minimum absolute atomic E-state index is 0.137. The molecule has 0 N–H and O–H groups in total. The molecule has 0 bridgehead atoms. The van der Waals surface area contributed by atoms with Crippen molar-refractivity contribution in [3.8, 4) is 0 Å². The summed E-state index contributed by atoms with van der Waals surface area (Å²) in [5.41, 5.74) is 1.71. The minimum atomic E-state index is -0.234. The van der Waals surface area contributed by atoms with E-state index in [2.05, 4.69) is 4.98 Å². The van der Waals surface area contributed by atoms with Crippen molar-refractivity contribution in [1.82, 2.24) is 9.88 Å². The van der Waals surface area contributed by atoms with E-state index in [1.807, 2.05) is 29.2 Å². The van der Waals surface area contributed by atoms with Crippen molar-refractivity contribution >= 4 is 17.0 Å². The molecule has 5 nitrogen and oxygen atoms in total. The van der Waals surface area contributed by atoms with Crippen LogP contribution in [0.2, 0.25) is 0 Å². The van der Waals surface area contributed by atoms with Crippen LogP contribution in [-0.2, 0) is 9.53 Å². The van der Waals surface area contributed by atoms with E-state index in [1.54, 1.807) is 0 Å². The fourth-order valence-electron chi connectivity index (χ4n) is 3.42. The lowest BCUT2D eigenvalue weighted by Gasteiger charge is -2.32. The topological polar surface area (TPSA) is 55.6 Å². The average molecular weight is 300 g/mol. The van der Waals surface area contributed by atoms with Crippen molar-refractivity contribution in [3.05, 3.63) is 30.2 Å². The van der Waals surface area contributed by atoms with E-state index >= 15 is 0 Å². The molecule has 2 aliphatic rings. The molecule has 1 amide bonds. The molecule has 2 aromatic rings. The van der Waals surface area contributed by atoms with Crippen molar-refractivity contribution in [3.63, 3.8) is 0 Å². The van der Waals surface area contributed by atoms with Gasteiger partial charge in [-0.25, -0.2) is 4.98 Å².